The molecule has 0 aliphatic carbocycles. The lowest BCUT2D eigenvalue weighted by Crippen LogP contribution is -2.49. The van der Waals surface area contributed by atoms with Gasteiger partial charge >= 0.3 is 6.18 Å². The number of aromatic hydroxyl groups is 1. The predicted molar refractivity (Wildman–Crippen MR) is 172 cm³/mol. The van der Waals surface area contributed by atoms with E-state index in [9.17, 15) is 23.4 Å². The topological polar surface area (TPSA) is 80.0 Å². The van der Waals surface area contributed by atoms with Gasteiger partial charge in [-0.1, -0.05) is 24.6 Å². The van der Waals surface area contributed by atoms with Crippen LogP contribution in [0, 0.1) is 0 Å². The van der Waals surface area contributed by atoms with Gasteiger partial charge in [0, 0.05) is 86.2 Å². The highest BCUT2D eigenvalue weighted by Gasteiger charge is 2.34. The number of benzene rings is 2. The van der Waals surface area contributed by atoms with Gasteiger partial charge in [0.25, 0.3) is 0 Å². The van der Waals surface area contributed by atoms with Crippen LogP contribution in [0.4, 0.5) is 18.9 Å². The zero-order valence-electron chi connectivity index (χ0n) is 25.6. The number of aliphatic hydroxyl groups is 1. The summed E-state index contributed by atoms with van der Waals surface area (Å²) < 4.78 is 43.9. The van der Waals surface area contributed by atoms with Crippen molar-refractivity contribution < 1.29 is 23.4 Å². The lowest BCUT2D eigenvalue weighted by Gasteiger charge is -2.37. The molecule has 0 spiro atoms. The number of likely N-dealkylation sites (tertiary alicyclic amines) is 1. The molecule has 2 aromatic carbocycles. The highest BCUT2D eigenvalue weighted by Crippen LogP contribution is 2.40. The summed E-state index contributed by atoms with van der Waals surface area (Å²) in [6.07, 6.45) is -0.802. The molecule has 2 fully saturated rings. The maximum absolute atomic E-state index is 14.0. The second kappa shape index (κ2) is 14.3. The van der Waals surface area contributed by atoms with Crippen molar-refractivity contribution in [2.75, 3.05) is 69.6 Å². The molecule has 3 N–H and O–H groups in total. The minimum Gasteiger partial charge on any atom is -0.506 e. The van der Waals surface area contributed by atoms with Crippen LogP contribution in [0.15, 0.2) is 47.4 Å². The molecule has 2 saturated heterocycles. The van der Waals surface area contributed by atoms with E-state index in [1.165, 1.54) is 24.2 Å². The van der Waals surface area contributed by atoms with Gasteiger partial charge in [0.05, 0.1) is 29.6 Å². The molecule has 3 aliphatic rings. The van der Waals surface area contributed by atoms with Gasteiger partial charge in [-0.15, -0.1) is 11.8 Å². The van der Waals surface area contributed by atoms with Crippen molar-refractivity contribution in [3.8, 4) is 17.0 Å². The molecule has 1 unspecified atom stereocenters. The van der Waals surface area contributed by atoms with E-state index in [1.54, 1.807) is 18.2 Å². The predicted octanol–water partition coefficient (Wildman–Crippen LogP) is 4.68. The number of rotatable bonds is 10. The standard InChI is InChI=1S/C33H43F3N6O2S/c34-33(35,36)27-9-8-24(20-31(27)45-19-18-39-12-4-1-5-13-39)32-26-21-37-11-10-28(26)42(38-32)23-25(43)22-40-14-16-41(17-15-40)29-6-2-3-7-30(29)44/h2-3,6-9,20,25,37,43-44H,1,4-5,10-19,21-23H2. The van der Waals surface area contributed by atoms with Crippen LogP contribution in [0.3, 0.4) is 0 Å². The third-order valence-electron chi connectivity index (χ3n) is 9.13. The second-order valence-electron chi connectivity index (χ2n) is 12.3. The Balaban J connectivity index is 1.14. The van der Waals surface area contributed by atoms with Crippen LogP contribution in [-0.4, -0.2) is 101 Å². The van der Waals surface area contributed by atoms with Crippen LogP contribution in [0.1, 0.15) is 36.1 Å². The molecule has 6 rings (SSSR count). The summed E-state index contributed by atoms with van der Waals surface area (Å²) in [6, 6.07) is 11.7. The number of aromatic nitrogens is 2. The van der Waals surface area contributed by atoms with Crippen molar-refractivity contribution >= 4 is 17.4 Å². The zero-order valence-corrected chi connectivity index (χ0v) is 26.4. The van der Waals surface area contributed by atoms with E-state index in [-0.39, 0.29) is 10.6 Å². The number of phenolic OH excluding ortho intramolecular Hbond substituents is 1. The summed E-state index contributed by atoms with van der Waals surface area (Å²) in [5.74, 6) is 0.879. The Bertz CT molecular complexity index is 1440. The number of anilines is 1. The number of alkyl halides is 3. The number of para-hydroxylation sites is 2. The highest BCUT2D eigenvalue weighted by atomic mass is 32.2. The average Bonchev–Trinajstić information content (AvgIpc) is 3.40. The summed E-state index contributed by atoms with van der Waals surface area (Å²) in [5.41, 5.74) is 3.62. The molecule has 244 valence electrons. The van der Waals surface area contributed by atoms with E-state index in [0.29, 0.717) is 36.6 Å². The van der Waals surface area contributed by atoms with Crippen molar-refractivity contribution in [2.45, 2.75) is 55.9 Å². The number of aliphatic hydroxyl groups excluding tert-OH is 1. The second-order valence-corrected chi connectivity index (χ2v) is 13.4. The SMILES string of the molecule is Oc1ccccc1N1CCN(CC(O)Cn2nc(-c3ccc(C(F)(F)F)c(SCCN4CCCCC4)c3)c3c2CCNC3)CC1. The van der Waals surface area contributed by atoms with Gasteiger partial charge < -0.3 is 25.3 Å². The molecule has 3 aliphatic heterocycles. The fourth-order valence-corrected chi connectivity index (χ4v) is 7.87. The van der Waals surface area contributed by atoms with Gasteiger partial charge in [-0.2, -0.15) is 18.3 Å². The van der Waals surface area contributed by atoms with E-state index in [4.69, 9.17) is 5.10 Å². The van der Waals surface area contributed by atoms with Gasteiger partial charge in [0.2, 0.25) is 0 Å². The molecular weight excluding hydrogens is 601 g/mol. The van der Waals surface area contributed by atoms with Gasteiger partial charge in [-0.25, -0.2) is 0 Å². The van der Waals surface area contributed by atoms with Gasteiger partial charge in [-0.05, 0) is 50.2 Å². The first-order valence-corrected chi connectivity index (χ1v) is 17.0. The van der Waals surface area contributed by atoms with Gasteiger partial charge in [-0.3, -0.25) is 9.58 Å². The van der Waals surface area contributed by atoms with E-state index < -0.39 is 17.8 Å². The molecule has 0 saturated carbocycles. The van der Waals surface area contributed by atoms with Crippen molar-refractivity contribution in [1.82, 2.24) is 24.9 Å². The molecule has 0 radical (unpaired) electrons. The van der Waals surface area contributed by atoms with Crippen LogP contribution >= 0.6 is 11.8 Å². The summed E-state index contributed by atoms with van der Waals surface area (Å²) in [6.45, 7) is 8.04. The van der Waals surface area contributed by atoms with Crippen molar-refractivity contribution in [3.05, 3.63) is 59.3 Å². The fraction of sp³-hybridized carbons (Fsp3) is 0.545. The number of halogens is 3. The number of nitrogens with zero attached hydrogens (tertiary/aromatic N) is 5. The Morgan fingerprint density at radius 1 is 0.933 bits per heavy atom. The first-order valence-electron chi connectivity index (χ1n) is 16.1. The van der Waals surface area contributed by atoms with Gasteiger partial charge in [0.1, 0.15) is 5.75 Å². The minimum atomic E-state index is -4.43. The van der Waals surface area contributed by atoms with Crippen molar-refractivity contribution in [1.29, 1.82) is 0 Å². The molecule has 1 aromatic heterocycles. The molecule has 4 heterocycles. The van der Waals surface area contributed by atoms with Crippen LogP contribution in [0.25, 0.3) is 11.3 Å². The smallest absolute Gasteiger partial charge is 0.417 e. The number of β-amino-alcohol motifs (C(OH)–C–C–N with tert-alkyl or cyclic N) is 1. The number of fused-ring (bicyclic) bond motifs is 1. The van der Waals surface area contributed by atoms with Crippen LogP contribution in [0.5, 0.6) is 5.75 Å². The summed E-state index contributed by atoms with van der Waals surface area (Å²) >= 11 is 1.28. The van der Waals surface area contributed by atoms with E-state index in [0.717, 1.165) is 88.6 Å². The Kier molecular flexibility index (Phi) is 10.3. The van der Waals surface area contributed by atoms with Crippen molar-refractivity contribution in [3.63, 3.8) is 0 Å². The first kappa shape index (κ1) is 32.2. The van der Waals surface area contributed by atoms with E-state index >= 15 is 0 Å². The monoisotopic (exact) mass is 644 g/mol. The van der Waals surface area contributed by atoms with E-state index in [2.05, 4.69) is 20.0 Å². The minimum absolute atomic E-state index is 0.243. The number of piperazine rings is 1. The number of phenols is 1. The molecule has 12 heteroatoms. The molecular formula is C33H43F3N6O2S. The van der Waals surface area contributed by atoms with Crippen molar-refractivity contribution in [2.24, 2.45) is 0 Å². The van der Waals surface area contributed by atoms with Crippen LogP contribution < -0.4 is 10.2 Å². The molecule has 0 amide bonds. The third-order valence-corrected chi connectivity index (χ3v) is 10.2. The Hall–Kier alpha value is -2.77. The van der Waals surface area contributed by atoms with Gasteiger partial charge in [0.15, 0.2) is 0 Å². The Labute approximate surface area is 267 Å². The number of thioether (sulfide) groups is 1. The quantitative estimate of drug-likeness (QED) is 0.275. The summed E-state index contributed by atoms with van der Waals surface area (Å²) in [4.78, 5) is 6.97. The number of hydrogen-bond donors (Lipinski definition) is 3. The molecule has 8 nitrogen and oxygen atoms in total. The largest absolute Gasteiger partial charge is 0.506 e. The van der Waals surface area contributed by atoms with Crippen LogP contribution in [0.2, 0.25) is 0 Å². The van der Waals surface area contributed by atoms with E-state index in [1.807, 2.05) is 22.9 Å². The Morgan fingerprint density at radius 3 is 2.47 bits per heavy atom. The third kappa shape index (κ3) is 7.79. The maximum atomic E-state index is 14.0. The molecule has 45 heavy (non-hydrogen) atoms. The maximum Gasteiger partial charge on any atom is 0.417 e. The molecule has 0 bridgehead atoms. The lowest BCUT2D eigenvalue weighted by atomic mass is 10.0. The number of hydrogen-bond acceptors (Lipinski definition) is 8. The molecule has 1 atom stereocenters. The average molecular weight is 645 g/mol. The Morgan fingerprint density at radius 2 is 1.71 bits per heavy atom. The summed E-state index contributed by atoms with van der Waals surface area (Å²) in [5, 5.41) is 29.6. The first-order chi connectivity index (χ1) is 21.8. The number of nitrogens with one attached hydrogen (secondary N) is 1. The highest BCUT2D eigenvalue weighted by molar-refractivity contribution is 7.99. The molecule has 3 aromatic rings. The summed E-state index contributed by atoms with van der Waals surface area (Å²) in [7, 11) is 0. The normalized spacial score (nSPS) is 19.1. The van der Waals surface area contributed by atoms with Crippen LogP contribution in [-0.2, 0) is 25.7 Å². The fourth-order valence-electron chi connectivity index (χ4n) is 6.75. The zero-order chi connectivity index (χ0) is 31.4. The number of piperidine rings is 1. The lowest BCUT2D eigenvalue weighted by molar-refractivity contribution is -0.139.